The first-order chi connectivity index (χ1) is 14.1. The second-order valence-corrected chi connectivity index (χ2v) is 6.32. The molecule has 0 aliphatic carbocycles. The maximum atomic E-state index is 12.7. The van der Waals surface area contributed by atoms with Crippen LogP contribution in [0.25, 0.3) is 10.8 Å². The lowest BCUT2D eigenvalue weighted by Gasteiger charge is -2.09. The molecule has 0 aliphatic heterocycles. The number of phenolic OH excluding ortho intramolecular Hbond substituents is 2. The van der Waals surface area contributed by atoms with Crippen LogP contribution in [-0.4, -0.2) is 22.0 Å². The van der Waals surface area contributed by atoms with Crippen LogP contribution in [0.1, 0.15) is 5.56 Å². The highest BCUT2D eigenvalue weighted by Crippen LogP contribution is 2.47. The van der Waals surface area contributed by atoms with Crippen LogP contribution in [-0.2, 0) is 15.8 Å². The molecule has 0 heterocycles. The molecule has 30 heavy (non-hydrogen) atoms. The number of nitrogens with zero attached hydrogens (tertiary/aromatic N) is 2. The molecule has 0 saturated carbocycles. The van der Waals surface area contributed by atoms with Crippen LogP contribution in [0.3, 0.4) is 0 Å². The number of fused-ring (bicyclic) bond motifs is 1. The van der Waals surface area contributed by atoms with Crippen molar-refractivity contribution in [2.75, 3.05) is 5.32 Å². The number of hydrogen-bond donors (Lipinski definition) is 3. The van der Waals surface area contributed by atoms with Gasteiger partial charge in [0.25, 0.3) is 0 Å². The Hall–Kier alpha value is -3.66. The minimum atomic E-state index is -4.63. The number of carbonyl (C=O) groups is 2. The zero-order valence-corrected chi connectivity index (χ0v) is 15.5. The van der Waals surface area contributed by atoms with E-state index in [1.54, 1.807) is 12.1 Å². The molecule has 0 spiro atoms. The number of carbonyl (C=O) groups excluding carboxylic acids is 2. The predicted octanol–water partition coefficient (Wildman–Crippen LogP) is 5.17. The van der Waals surface area contributed by atoms with Gasteiger partial charge in [-0.25, -0.2) is 0 Å². The van der Waals surface area contributed by atoms with Crippen molar-refractivity contribution < 1.29 is 33.0 Å². The monoisotopic (exact) mass is 437 g/mol. The molecule has 2 amide bonds. The van der Waals surface area contributed by atoms with Crippen LogP contribution in [0.15, 0.2) is 58.8 Å². The molecule has 0 unspecified atom stereocenters. The van der Waals surface area contributed by atoms with Gasteiger partial charge in [0, 0.05) is 16.5 Å². The number of nitrogens with one attached hydrogen (secondary N) is 1. The molecule has 3 N–H and O–H groups in total. The molecule has 0 bridgehead atoms. The number of alkyl halides is 3. The van der Waals surface area contributed by atoms with Gasteiger partial charge in [0.2, 0.25) is 0 Å². The molecule has 0 fully saturated rings. The van der Waals surface area contributed by atoms with Crippen molar-refractivity contribution in [1.82, 2.24) is 0 Å². The number of halogens is 4. The first-order valence-corrected chi connectivity index (χ1v) is 8.54. The van der Waals surface area contributed by atoms with Gasteiger partial charge in [-0.1, -0.05) is 41.9 Å². The number of phenols is 2. The maximum absolute atomic E-state index is 12.7. The van der Waals surface area contributed by atoms with Crippen molar-refractivity contribution in [2.45, 2.75) is 6.18 Å². The normalized spacial score (nSPS) is 11.7. The second-order valence-electron chi connectivity index (χ2n) is 5.94. The van der Waals surface area contributed by atoms with Gasteiger partial charge in [-0.3, -0.25) is 9.59 Å². The van der Waals surface area contributed by atoms with Crippen LogP contribution in [0.4, 0.5) is 24.5 Å². The Labute approximate surface area is 171 Å². The highest BCUT2D eigenvalue weighted by molar-refractivity contribution is 6.40. The number of aromatic hydroxyl groups is 2. The Balaban J connectivity index is 1.84. The molecule has 11 heteroatoms. The van der Waals surface area contributed by atoms with Crippen LogP contribution >= 0.6 is 11.6 Å². The van der Waals surface area contributed by atoms with Crippen molar-refractivity contribution in [1.29, 1.82) is 0 Å². The van der Waals surface area contributed by atoms with E-state index in [-0.39, 0.29) is 16.5 Å². The summed E-state index contributed by atoms with van der Waals surface area (Å²) in [7, 11) is 0. The Bertz CT molecular complexity index is 1200. The lowest BCUT2D eigenvalue weighted by molar-refractivity contribution is -0.137. The Morgan fingerprint density at radius 2 is 1.60 bits per heavy atom. The maximum Gasteiger partial charge on any atom is 0.416 e. The van der Waals surface area contributed by atoms with Gasteiger partial charge in [-0.2, -0.15) is 13.2 Å². The Morgan fingerprint density at radius 1 is 0.967 bits per heavy atom. The molecular weight excluding hydrogens is 427 g/mol. The number of benzene rings is 3. The van der Waals surface area contributed by atoms with Crippen LogP contribution in [0, 0.1) is 0 Å². The number of azo groups is 1. The Morgan fingerprint density at radius 3 is 2.23 bits per heavy atom. The summed E-state index contributed by atoms with van der Waals surface area (Å²) >= 11 is 5.95. The number of hydrogen-bond acceptors (Lipinski definition) is 5. The molecule has 3 aromatic rings. The summed E-state index contributed by atoms with van der Waals surface area (Å²) in [5.74, 6) is -3.72. The summed E-state index contributed by atoms with van der Waals surface area (Å²) in [6, 6.07) is 9.78. The standard InChI is InChI=1S/C19H11ClF3N3O4/c20-13-14(16(28)12-7-2-1-6-11(12)15(13)27)25-26-18(30)17(29)24-10-5-3-4-9(8-10)19(21,22)23/h1-8,27-28H,(H,24,29). The zero-order valence-electron chi connectivity index (χ0n) is 14.7. The van der Waals surface area contributed by atoms with E-state index in [0.717, 1.165) is 18.2 Å². The van der Waals surface area contributed by atoms with Crippen molar-refractivity contribution in [3.8, 4) is 11.5 Å². The van der Waals surface area contributed by atoms with Crippen LogP contribution in [0.5, 0.6) is 11.5 Å². The highest BCUT2D eigenvalue weighted by Gasteiger charge is 2.30. The molecular formula is C19H11ClF3N3O4. The summed E-state index contributed by atoms with van der Waals surface area (Å²) in [6.07, 6.45) is -4.63. The van der Waals surface area contributed by atoms with Gasteiger partial charge < -0.3 is 15.5 Å². The van der Waals surface area contributed by atoms with Gasteiger partial charge >= 0.3 is 18.0 Å². The predicted molar refractivity (Wildman–Crippen MR) is 102 cm³/mol. The van der Waals surface area contributed by atoms with Gasteiger partial charge in [0.1, 0.15) is 10.8 Å². The molecule has 3 aromatic carbocycles. The molecule has 0 radical (unpaired) electrons. The fraction of sp³-hybridized carbons (Fsp3) is 0.0526. The topological polar surface area (TPSA) is 111 Å². The summed E-state index contributed by atoms with van der Waals surface area (Å²) in [4.78, 5) is 23.8. The van der Waals surface area contributed by atoms with Gasteiger partial charge in [0.05, 0.1) is 5.56 Å². The highest BCUT2D eigenvalue weighted by atomic mass is 35.5. The molecule has 0 atom stereocenters. The molecule has 7 nitrogen and oxygen atoms in total. The SMILES string of the molecule is O=C(N=Nc1c(Cl)c(O)c2ccccc2c1O)C(=O)Nc1cccc(C(F)(F)F)c1. The fourth-order valence-corrected chi connectivity index (χ4v) is 2.78. The van der Waals surface area contributed by atoms with E-state index in [9.17, 15) is 33.0 Å². The molecule has 0 saturated heterocycles. The summed E-state index contributed by atoms with van der Waals surface area (Å²) in [6.45, 7) is 0. The first-order valence-electron chi connectivity index (χ1n) is 8.16. The van der Waals surface area contributed by atoms with E-state index in [1.807, 2.05) is 5.32 Å². The minimum absolute atomic E-state index is 0.175. The number of anilines is 1. The second kappa shape index (κ2) is 7.99. The van der Waals surface area contributed by atoms with Crippen molar-refractivity contribution >= 4 is 45.6 Å². The zero-order chi connectivity index (χ0) is 22.1. The largest absolute Gasteiger partial charge is 0.506 e. The quantitative estimate of drug-likeness (QED) is 0.291. The van der Waals surface area contributed by atoms with Gasteiger partial charge in [-0.15, -0.1) is 10.2 Å². The molecule has 154 valence electrons. The molecule has 0 aliphatic rings. The van der Waals surface area contributed by atoms with E-state index >= 15 is 0 Å². The average Bonchev–Trinajstić information content (AvgIpc) is 2.71. The average molecular weight is 438 g/mol. The molecule has 3 rings (SSSR count). The lowest BCUT2D eigenvalue weighted by Crippen LogP contribution is -2.20. The summed E-state index contributed by atoms with van der Waals surface area (Å²) in [5.41, 5.74) is -1.74. The number of rotatable bonds is 2. The number of amides is 2. The summed E-state index contributed by atoms with van der Waals surface area (Å²) < 4.78 is 38.2. The fourth-order valence-electron chi connectivity index (χ4n) is 2.55. The van der Waals surface area contributed by atoms with Gasteiger partial charge in [-0.05, 0) is 18.2 Å². The van der Waals surface area contributed by atoms with E-state index in [2.05, 4.69) is 10.2 Å². The van der Waals surface area contributed by atoms with Crippen molar-refractivity contribution in [3.05, 3.63) is 59.1 Å². The van der Waals surface area contributed by atoms with E-state index in [1.165, 1.54) is 12.1 Å². The van der Waals surface area contributed by atoms with E-state index in [4.69, 9.17) is 11.6 Å². The lowest BCUT2D eigenvalue weighted by atomic mass is 10.1. The summed E-state index contributed by atoms with van der Waals surface area (Å²) in [5, 5.41) is 28.9. The molecule has 0 aromatic heterocycles. The third-order valence-electron chi connectivity index (χ3n) is 3.96. The Kier molecular flexibility index (Phi) is 5.61. The van der Waals surface area contributed by atoms with Crippen LogP contribution < -0.4 is 5.32 Å². The van der Waals surface area contributed by atoms with E-state index in [0.29, 0.717) is 6.07 Å². The van der Waals surface area contributed by atoms with Crippen molar-refractivity contribution in [2.24, 2.45) is 10.2 Å². The smallest absolute Gasteiger partial charge is 0.416 e. The van der Waals surface area contributed by atoms with Crippen LogP contribution in [0.2, 0.25) is 5.02 Å². The van der Waals surface area contributed by atoms with Gasteiger partial charge in [0.15, 0.2) is 11.4 Å². The third-order valence-corrected chi connectivity index (χ3v) is 4.32. The third kappa shape index (κ3) is 4.18. The van der Waals surface area contributed by atoms with Crippen molar-refractivity contribution in [3.63, 3.8) is 0 Å². The van der Waals surface area contributed by atoms with E-state index < -0.39 is 45.8 Å². The minimum Gasteiger partial charge on any atom is -0.506 e. The first kappa shape index (κ1) is 21.1.